The smallest absolute Gasteiger partial charge is 0.254 e. The van der Waals surface area contributed by atoms with Gasteiger partial charge in [-0.2, -0.15) is 0 Å². The summed E-state index contributed by atoms with van der Waals surface area (Å²) in [5.41, 5.74) is 1.50. The molecule has 0 heterocycles. The maximum atomic E-state index is 13.9. The summed E-state index contributed by atoms with van der Waals surface area (Å²) in [4.78, 5) is 12.1. The first kappa shape index (κ1) is 15.2. The van der Waals surface area contributed by atoms with E-state index in [1.807, 2.05) is 30.3 Å². The molecule has 0 saturated heterocycles. The predicted molar refractivity (Wildman–Crippen MR) is 82.9 cm³/mol. The summed E-state index contributed by atoms with van der Waals surface area (Å²) in [5.74, 6) is -0.826. The van der Waals surface area contributed by atoms with Crippen LogP contribution in [-0.2, 0) is 5.41 Å². The summed E-state index contributed by atoms with van der Waals surface area (Å²) in [6.45, 7) is 6.20. The van der Waals surface area contributed by atoms with E-state index in [4.69, 9.17) is 0 Å². The van der Waals surface area contributed by atoms with Crippen LogP contribution in [0.15, 0.2) is 48.5 Å². The Morgan fingerprint density at radius 3 is 2.43 bits per heavy atom. The molecule has 0 saturated carbocycles. The number of hydrogen-bond acceptors (Lipinski definition) is 1. The molecule has 2 aromatic carbocycles. The van der Waals surface area contributed by atoms with Gasteiger partial charge in [0.15, 0.2) is 0 Å². The van der Waals surface area contributed by atoms with Gasteiger partial charge in [0.1, 0.15) is 5.82 Å². The Morgan fingerprint density at radius 1 is 1.10 bits per heavy atom. The highest BCUT2D eigenvalue weighted by atomic mass is 19.1. The van der Waals surface area contributed by atoms with Crippen molar-refractivity contribution in [3.63, 3.8) is 0 Å². The maximum Gasteiger partial charge on any atom is 0.254 e. The highest BCUT2D eigenvalue weighted by Gasteiger charge is 2.22. The van der Waals surface area contributed by atoms with Crippen molar-refractivity contribution >= 4 is 5.91 Å². The van der Waals surface area contributed by atoms with E-state index in [2.05, 4.69) is 19.2 Å². The number of rotatable bonds is 4. The standard InChI is InChI=1S/C18H20FNO/c1-13-8-7-11-15(16(13)19)17(21)20-12-18(2,3)14-9-5-4-6-10-14/h4-11H,12H2,1-3H3,(H,20,21). The minimum atomic E-state index is -0.451. The van der Waals surface area contributed by atoms with Gasteiger partial charge < -0.3 is 5.32 Å². The zero-order chi connectivity index (χ0) is 15.5. The highest BCUT2D eigenvalue weighted by Crippen LogP contribution is 2.22. The third kappa shape index (κ3) is 3.48. The summed E-state index contributed by atoms with van der Waals surface area (Å²) in [7, 11) is 0. The van der Waals surface area contributed by atoms with Crippen molar-refractivity contribution in [3.8, 4) is 0 Å². The van der Waals surface area contributed by atoms with Gasteiger partial charge in [-0.05, 0) is 24.1 Å². The van der Waals surface area contributed by atoms with Gasteiger partial charge in [0.25, 0.3) is 5.91 Å². The Hall–Kier alpha value is -2.16. The van der Waals surface area contributed by atoms with Gasteiger partial charge in [0.05, 0.1) is 5.56 Å². The fourth-order valence-electron chi connectivity index (χ4n) is 2.21. The normalized spacial score (nSPS) is 11.2. The minimum absolute atomic E-state index is 0.0962. The van der Waals surface area contributed by atoms with Gasteiger partial charge in [-0.3, -0.25) is 4.79 Å². The molecule has 21 heavy (non-hydrogen) atoms. The largest absolute Gasteiger partial charge is 0.351 e. The molecule has 0 fully saturated rings. The quantitative estimate of drug-likeness (QED) is 0.908. The molecule has 0 unspecified atom stereocenters. The lowest BCUT2D eigenvalue weighted by Gasteiger charge is -2.25. The number of carbonyl (C=O) groups is 1. The van der Waals surface area contributed by atoms with Gasteiger partial charge in [-0.1, -0.05) is 56.3 Å². The molecule has 0 aliphatic carbocycles. The lowest BCUT2D eigenvalue weighted by Crippen LogP contribution is -2.37. The number of hydrogen-bond donors (Lipinski definition) is 1. The Bertz CT molecular complexity index is 635. The molecule has 2 rings (SSSR count). The summed E-state index contributed by atoms with van der Waals surface area (Å²) in [6.07, 6.45) is 0. The topological polar surface area (TPSA) is 29.1 Å². The van der Waals surface area contributed by atoms with Crippen LogP contribution in [0.4, 0.5) is 4.39 Å². The average molecular weight is 285 g/mol. The molecule has 3 heteroatoms. The van der Waals surface area contributed by atoms with E-state index in [-0.39, 0.29) is 16.9 Å². The molecule has 0 aromatic heterocycles. The van der Waals surface area contributed by atoms with Crippen molar-refractivity contribution in [1.29, 1.82) is 0 Å². The van der Waals surface area contributed by atoms with Crippen LogP contribution in [0, 0.1) is 12.7 Å². The SMILES string of the molecule is Cc1cccc(C(=O)NCC(C)(C)c2ccccc2)c1F. The first-order valence-electron chi connectivity index (χ1n) is 7.00. The Morgan fingerprint density at radius 2 is 1.76 bits per heavy atom. The van der Waals surface area contributed by atoms with Gasteiger partial charge in [-0.25, -0.2) is 4.39 Å². The molecule has 0 aliphatic rings. The van der Waals surface area contributed by atoms with E-state index in [1.54, 1.807) is 19.1 Å². The van der Waals surface area contributed by atoms with Gasteiger partial charge in [0.2, 0.25) is 0 Å². The lowest BCUT2D eigenvalue weighted by atomic mass is 9.84. The third-order valence-corrected chi connectivity index (χ3v) is 3.68. The number of halogens is 1. The fraction of sp³-hybridized carbons (Fsp3) is 0.278. The molecule has 1 amide bonds. The van der Waals surface area contributed by atoms with Crippen molar-refractivity contribution in [2.75, 3.05) is 6.54 Å². The second-order valence-electron chi connectivity index (χ2n) is 5.87. The van der Waals surface area contributed by atoms with Crippen LogP contribution in [0.3, 0.4) is 0 Å². The van der Waals surface area contributed by atoms with Crippen LogP contribution >= 0.6 is 0 Å². The van der Waals surface area contributed by atoms with Crippen molar-refractivity contribution in [3.05, 3.63) is 71.0 Å². The van der Waals surface area contributed by atoms with Crippen LogP contribution in [-0.4, -0.2) is 12.5 Å². The van der Waals surface area contributed by atoms with Crippen molar-refractivity contribution in [2.24, 2.45) is 0 Å². The zero-order valence-electron chi connectivity index (χ0n) is 12.6. The molecule has 0 atom stereocenters. The molecule has 1 N–H and O–H groups in total. The molecule has 0 bridgehead atoms. The molecular formula is C18H20FNO. The molecule has 2 aromatic rings. The highest BCUT2D eigenvalue weighted by molar-refractivity contribution is 5.94. The van der Waals surface area contributed by atoms with E-state index in [1.165, 1.54) is 6.07 Å². The van der Waals surface area contributed by atoms with Crippen LogP contribution in [0.1, 0.15) is 35.3 Å². The van der Waals surface area contributed by atoms with E-state index in [0.717, 1.165) is 5.56 Å². The summed E-state index contributed by atoms with van der Waals surface area (Å²) < 4.78 is 13.9. The summed E-state index contributed by atoms with van der Waals surface area (Å²) in [5, 5.41) is 2.83. The van der Waals surface area contributed by atoms with Gasteiger partial charge in [0, 0.05) is 12.0 Å². The third-order valence-electron chi connectivity index (χ3n) is 3.68. The van der Waals surface area contributed by atoms with Crippen LogP contribution in [0.5, 0.6) is 0 Å². The van der Waals surface area contributed by atoms with Gasteiger partial charge >= 0.3 is 0 Å². The number of nitrogens with one attached hydrogen (secondary N) is 1. The maximum absolute atomic E-state index is 13.9. The van der Waals surface area contributed by atoms with Crippen LogP contribution in [0.25, 0.3) is 0 Å². The van der Waals surface area contributed by atoms with Crippen molar-refractivity contribution in [2.45, 2.75) is 26.2 Å². The second kappa shape index (κ2) is 6.08. The van der Waals surface area contributed by atoms with Crippen LogP contribution < -0.4 is 5.32 Å². The first-order chi connectivity index (χ1) is 9.92. The first-order valence-corrected chi connectivity index (χ1v) is 7.00. The molecule has 0 radical (unpaired) electrons. The zero-order valence-corrected chi connectivity index (χ0v) is 12.6. The monoisotopic (exact) mass is 285 g/mol. The fourth-order valence-corrected chi connectivity index (χ4v) is 2.21. The molecule has 2 nitrogen and oxygen atoms in total. The van der Waals surface area contributed by atoms with Crippen molar-refractivity contribution < 1.29 is 9.18 Å². The Balaban J connectivity index is 2.09. The Kier molecular flexibility index (Phi) is 4.41. The van der Waals surface area contributed by atoms with E-state index in [9.17, 15) is 9.18 Å². The number of carbonyl (C=O) groups excluding carboxylic acids is 1. The molecular weight excluding hydrogens is 265 g/mol. The Labute approximate surface area is 125 Å². The van der Waals surface area contributed by atoms with Gasteiger partial charge in [-0.15, -0.1) is 0 Å². The van der Waals surface area contributed by atoms with E-state index < -0.39 is 5.82 Å². The molecule has 0 aliphatic heterocycles. The minimum Gasteiger partial charge on any atom is -0.351 e. The number of benzene rings is 2. The summed E-state index contributed by atoms with van der Waals surface area (Å²) >= 11 is 0. The van der Waals surface area contributed by atoms with E-state index >= 15 is 0 Å². The lowest BCUT2D eigenvalue weighted by molar-refractivity contribution is 0.0941. The number of amides is 1. The predicted octanol–water partition coefficient (Wildman–Crippen LogP) is 3.84. The summed E-state index contributed by atoms with van der Waals surface area (Å²) in [6, 6.07) is 14.8. The average Bonchev–Trinajstić information content (AvgIpc) is 2.49. The molecule has 110 valence electrons. The molecule has 0 spiro atoms. The second-order valence-corrected chi connectivity index (χ2v) is 5.87. The van der Waals surface area contributed by atoms with Crippen molar-refractivity contribution in [1.82, 2.24) is 5.32 Å². The number of aryl methyl sites for hydroxylation is 1. The van der Waals surface area contributed by atoms with Crippen LogP contribution in [0.2, 0.25) is 0 Å². The van der Waals surface area contributed by atoms with E-state index in [0.29, 0.717) is 12.1 Å².